The van der Waals surface area contributed by atoms with Crippen molar-refractivity contribution in [2.24, 2.45) is 0 Å². The van der Waals surface area contributed by atoms with Crippen molar-refractivity contribution in [3.05, 3.63) is 36.0 Å². The zero-order chi connectivity index (χ0) is 15.9. The molecule has 1 N–H and O–H groups in total. The third kappa shape index (κ3) is 2.79. The third-order valence-electron chi connectivity index (χ3n) is 5.15. The highest BCUT2D eigenvalue weighted by molar-refractivity contribution is 7.89. The SMILES string of the molecule is O=S(=O)([C@@H]1CCN(Cc2cccc3[nH]ccc23)C1)N1CCCC1. The number of sulfonamides is 1. The van der Waals surface area contributed by atoms with Crippen molar-refractivity contribution in [1.82, 2.24) is 14.2 Å². The van der Waals surface area contributed by atoms with Crippen molar-refractivity contribution in [2.45, 2.75) is 31.1 Å². The van der Waals surface area contributed by atoms with Gasteiger partial charge in [-0.3, -0.25) is 4.90 Å². The van der Waals surface area contributed by atoms with Crippen LogP contribution in [0.15, 0.2) is 30.5 Å². The Balaban J connectivity index is 1.47. The predicted octanol–water partition coefficient (Wildman–Crippen LogP) is 2.17. The van der Waals surface area contributed by atoms with Gasteiger partial charge in [-0.05, 0) is 43.5 Å². The van der Waals surface area contributed by atoms with E-state index in [0.717, 1.165) is 37.9 Å². The fourth-order valence-corrected chi connectivity index (χ4v) is 5.86. The van der Waals surface area contributed by atoms with Crippen LogP contribution in [0.5, 0.6) is 0 Å². The van der Waals surface area contributed by atoms with Gasteiger partial charge in [-0.25, -0.2) is 12.7 Å². The Bertz CT molecular complexity index is 793. The van der Waals surface area contributed by atoms with Crippen LogP contribution < -0.4 is 0 Å². The molecule has 23 heavy (non-hydrogen) atoms. The Morgan fingerprint density at radius 3 is 2.78 bits per heavy atom. The summed E-state index contributed by atoms with van der Waals surface area (Å²) in [6, 6.07) is 8.36. The van der Waals surface area contributed by atoms with Crippen LogP contribution in [0.25, 0.3) is 10.9 Å². The lowest BCUT2D eigenvalue weighted by Crippen LogP contribution is -2.38. The molecular weight excluding hydrogens is 310 g/mol. The molecule has 1 aromatic carbocycles. The first-order valence-corrected chi connectivity index (χ1v) is 9.91. The lowest BCUT2D eigenvalue weighted by atomic mass is 10.1. The zero-order valence-electron chi connectivity index (χ0n) is 13.2. The normalized spacial score (nSPS) is 23.9. The first-order valence-electron chi connectivity index (χ1n) is 8.41. The fraction of sp³-hybridized carbons (Fsp3) is 0.529. The number of benzene rings is 1. The van der Waals surface area contributed by atoms with Crippen LogP contribution in [0.1, 0.15) is 24.8 Å². The molecule has 0 saturated carbocycles. The molecule has 0 aliphatic carbocycles. The molecule has 1 atom stereocenters. The van der Waals surface area contributed by atoms with Gasteiger partial charge in [0.05, 0.1) is 5.25 Å². The topological polar surface area (TPSA) is 56.4 Å². The summed E-state index contributed by atoms with van der Waals surface area (Å²) in [7, 11) is -3.11. The predicted molar refractivity (Wildman–Crippen MR) is 91.7 cm³/mol. The number of nitrogens with one attached hydrogen (secondary N) is 1. The maximum Gasteiger partial charge on any atom is 0.218 e. The summed E-state index contributed by atoms with van der Waals surface area (Å²) in [6.07, 6.45) is 4.72. The van der Waals surface area contributed by atoms with E-state index in [1.54, 1.807) is 4.31 Å². The molecule has 0 amide bonds. The van der Waals surface area contributed by atoms with Crippen molar-refractivity contribution in [3.63, 3.8) is 0 Å². The highest BCUT2D eigenvalue weighted by Crippen LogP contribution is 2.26. The van der Waals surface area contributed by atoms with E-state index in [0.29, 0.717) is 19.6 Å². The summed E-state index contributed by atoms with van der Waals surface area (Å²) in [5.41, 5.74) is 2.41. The van der Waals surface area contributed by atoms with E-state index in [4.69, 9.17) is 0 Å². The number of hydrogen-bond acceptors (Lipinski definition) is 3. The first-order chi connectivity index (χ1) is 11.1. The summed E-state index contributed by atoms with van der Waals surface area (Å²) in [6.45, 7) is 3.75. The number of H-pyrrole nitrogens is 1. The number of fused-ring (bicyclic) bond motifs is 1. The molecule has 3 heterocycles. The molecule has 1 aromatic heterocycles. The summed E-state index contributed by atoms with van der Waals surface area (Å²) in [4.78, 5) is 5.51. The van der Waals surface area contributed by atoms with Crippen LogP contribution in [0.3, 0.4) is 0 Å². The van der Waals surface area contributed by atoms with Gasteiger partial charge in [0, 0.05) is 43.3 Å². The van der Waals surface area contributed by atoms with Gasteiger partial charge in [0.15, 0.2) is 0 Å². The Labute approximate surface area is 137 Å². The van der Waals surface area contributed by atoms with Crippen molar-refractivity contribution in [3.8, 4) is 0 Å². The average Bonchev–Trinajstić information content (AvgIpc) is 3.29. The molecule has 0 spiro atoms. The van der Waals surface area contributed by atoms with Crippen LogP contribution in [0.4, 0.5) is 0 Å². The quantitative estimate of drug-likeness (QED) is 0.933. The van der Waals surface area contributed by atoms with E-state index >= 15 is 0 Å². The number of likely N-dealkylation sites (tertiary alicyclic amines) is 1. The molecule has 0 unspecified atom stereocenters. The molecule has 6 heteroatoms. The molecular formula is C17H23N3O2S. The Morgan fingerprint density at radius 2 is 1.96 bits per heavy atom. The third-order valence-corrected chi connectivity index (χ3v) is 7.47. The van der Waals surface area contributed by atoms with Gasteiger partial charge in [0.2, 0.25) is 10.0 Å². The largest absolute Gasteiger partial charge is 0.361 e. The van der Waals surface area contributed by atoms with Crippen LogP contribution >= 0.6 is 0 Å². The second-order valence-corrected chi connectivity index (χ2v) is 8.87. The summed E-state index contributed by atoms with van der Waals surface area (Å²) < 4.78 is 27.1. The molecule has 2 aliphatic heterocycles. The molecule has 124 valence electrons. The molecule has 0 radical (unpaired) electrons. The number of aromatic nitrogens is 1. The van der Waals surface area contributed by atoms with Crippen LogP contribution in [-0.4, -0.2) is 54.0 Å². The van der Waals surface area contributed by atoms with E-state index in [-0.39, 0.29) is 5.25 Å². The van der Waals surface area contributed by atoms with Crippen LogP contribution in [-0.2, 0) is 16.6 Å². The van der Waals surface area contributed by atoms with Crippen molar-refractivity contribution < 1.29 is 8.42 Å². The van der Waals surface area contributed by atoms with Gasteiger partial charge in [0.1, 0.15) is 0 Å². The maximum absolute atomic E-state index is 12.7. The summed E-state index contributed by atoms with van der Waals surface area (Å²) in [5.74, 6) is 0. The Hall–Kier alpha value is -1.37. The molecule has 2 fully saturated rings. The van der Waals surface area contributed by atoms with Crippen molar-refractivity contribution >= 4 is 20.9 Å². The second kappa shape index (κ2) is 5.92. The number of hydrogen-bond donors (Lipinski definition) is 1. The first kappa shape index (κ1) is 15.2. The second-order valence-electron chi connectivity index (χ2n) is 6.65. The Morgan fingerprint density at radius 1 is 1.13 bits per heavy atom. The van der Waals surface area contributed by atoms with Gasteiger partial charge >= 0.3 is 0 Å². The summed E-state index contributed by atoms with van der Waals surface area (Å²) >= 11 is 0. The molecule has 2 aliphatic rings. The van der Waals surface area contributed by atoms with E-state index in [9.17, 15) is 8.42 Å². The molecule has 2 aromatic rings. The average molecular weight is 333 g/mol. The van der Waals surface area contributed by atoms with Crippen LogP contribution in [0.2, 0.25) is 0 Å². The highest BCUT2D eigenvalue weighted by atomic mass is 32.2. The monoisotopic (exact) mass is 333 g/mol. The maximum atomic E-state index is 12.7. The minimum atomic E-state index is -3.11. The van der Waals surface area contributed by atoms with Crippen molar-refractivity contribution in [1.29, 1.82) is 0 Å². The highest BCUT2D eigenvalue weighted by Gasteiger charge is 2.38. The van der Waals surface area contributed by atoms with Gasteiger partial charge in [-0.15, -0.1) is 0 Å². The van der Waals surface area contributed by atoms with Crippen LogP contribution in [0, 0.1) is 0 Å². The lowest BCUT2D eigenvalue weighted by Gasteiger charge is -2.21. The fourth-order valence-electron chi connectivity index (χ4n) is 3.87. The number of rotatable bonds is 4. The number of aromatic amines is 1. The van der Waals surface area contributed by atoms with Gasteiger partial charge in [-0.1, -0.05) is 12.1 Å². The molecule has 4 rings (SSSR count). The van der Waals surface area contributed by atoms with Gasteiger partial charge in [-0.2, -0.15) is 0 Å². The Kier molecular flexibility index (Phi) is 3.91. The minimum Gasteiger partial charge on any atom is -0.361 e. The standard InChI is InChI=1S/C17H23N3O2S/c21-23(22,20-9-1-2-10-20)15-7-11-19(13-15)12-14-4-3-5-17-16(14)6-8-18-17/h3-6,8,15,18H,1-2,7,9-13H2/t15-/m1/s1. The molecule has 0 bridgehead atoms. The van der Waals surface area contributed by atoms with Crippen molar-refractivity contribution in [2.75, 3.05) is 26.2 Å². The molecule has 5 nitrogen and oxygen atoms in total. The van der Waals surface area contributed by atoms with E-state index in [2.05, 4.69) is 34.1 Å². The lowest BCUT2D eigenvalue weighted by molar-refractivity contribution is 0.331. The summed E-state index contributed by atoms with van der Waals surface area (Å²) in [5, 5.41) is 1.00. The number of nitrogens with zero attached hydrogens (tertiary/aromatic N) is 2. The van der Waals surface area contributed by atoms with Gasteiger partial charge < -0.3 is 4.98 Å². The smallest absolute Gasteiger partial charge is 0.218 e. The van der Waals surface area contributed by atoms with E-state index in [1.807, 2.05) is 6.20 Å². The van der Waals surface area contributed by atoms with E-state index in [1.165, 1.54) is 10.9 Å². The molecule has 2 saturated heterocycles. The zero-order valence-corrected chi connectivity index (χ0v) is 14.1. The minimum absolute atomic E-state index is 0.231. The van der Waals surface area contributed by atoms with Gasteiger partial charge in [0.25, 0.3) is 0 Å². The van der Waals surface area contributed by atoms with E-state index < -0.39 is 10.0 Å².